The highest BCUT2D eigenvalue weighted by Crippen LogP contribution is 2.30. The molecule has 1 unspecified atom stereocenters. The number of benzene rings is 2. The summed E-state index contributed by atoms with van der Waals surface area (Å²) in [5.74, 6) is -0.545. The smallest absolute Gasteiger partial charge is 0.283 e. The van der Waals surface area contributed by atoms with E-state index in [1.165, 1.54) is 25.1 Å². The standard InChI is InChI=1S/C18H18N2O6S/c1-2-27(23,24)16-10-6-3-7-12(16)17(21)19-20-18(22)15-11-25-13-8-4-5-9-14(13)26-15/h3-10,15H,2,11H2,1H3,(H,19,21)(H,20,22). The van der Waals surface area contributed by atoms with Crippen LogP contribution in [0.2, 0.25) is 0 Å². The molecule has 0 saturated heterocycles. The zero-order chi connectivity index (χ0) is 19.4. The van der Waals surface area contributed by atoms with Gasteiger partial charge in [-0.15, -0.1) is 0 Å². The number of hydrazine groups is 1. The lowest BCUT2D eigenvalue weighted by Crippen LogP contribution is -2.51. The first-order valence-electron chi connectivity index (χ1n) is 8.23. The fourth-order valence-corrected chi connectivity index (χ4v) is 3.59. The zero-order valence-electron chi connectivity index (χ0n) is 14.5. The molecule has 1 aliphatic rings. The van der Waals surface area contributed by atoms with Crippen molar-refractivity contribution in [2.24, 2.45) is 0 Å². The van der Waals surface area contributed by atoms with Crippen molar-refractivity contribution in [3.63, 3.8) is 0 Å². The monoisotopic (exact) mass is 390 g/mol. The van der Waals surface area contributed by atoms with Gasteiger partial charge in [-0.1, -0.05) is 31.2 Å². The van der Waals surface area contributed by atoms with Gasteiger partial charge in [0, 0.05) is 0 Å². The summed E-state index contributed by atoms with van der Waals surface area (Å²) < 4.78 is 35.2. The summed E-state index contributed by atoms with van der Waals surface area (Å²) in [6.45, 7) is 1.48. The summed E-state index contributed by atoms with van der Waals surface area (Å²) in [5.41, 5.74) is 4.41. The Morgan fingerprint density at radius 2 is 1.70 bits per heavy atom. The minimum atomic E-state index is -3.58. The fourth-order valence-electron chi connectivity index (χ4n) is 2.50. The molecule has 27 heavy (non-hydrogen) atoms. The quantitative estimate of drug-likeness (QED) is 0.756. The third kappa shape index (κ3) is 4.03. The van der Waals surface area contributed by atoms with E-state index >= 15 is 0 Å². The van der Waals surface area contributed by atoms with Crippen molar-refractivity contribution >= 4 is 21.7 Å². The number of para-hydroxylation sites is 2. The number of hydrogen-bond acceptors (Lipinski definition) is 6. The normalized spacial score (nSPS) is 15.7. The fraction of sp³-hybridized carbons (Fsp3) is 0.222. The van der Waals surface area contributed by atoms with Crippen LogP contribution in [0.1, 0.15) is 17.3 Å². The molecule has 0 saturated carbocycles. The molecule has 1 atom stereocenters. The molecule has 0 aromatic heterocycles. The number of amides is 2. The van der Waals surface area contributed by atoms with Gasteiger partial charge < -0.3 is 9.47 Å². The maximum atomic E-state index is 12.4. The lowest BCUT2D eigenvalue weighted by Gasteiger charge is -2.25. The van der Waals surface area contributed by atoms with E-state index in [0.29, 0.717) is 11.5 Å². The summed E-state index contributed by atoms with van der Waals surface area (Å²) in [6.07, 6.45) is -0.949. The van der Waals surface area contributed by atoms with E-state index in [-0.39, 0.29) is 22.8 Å². The predicted molar refractivity (Wildman–Crippen MR) is 96.1 cm³/mol. The second-order valence-corrected chi connectivity index (χ2v) is 7.95. The molecule has 2 N–H and O–H groups in total. The van der Waals surface area contributed by atoms with Crippen molar-refractivity contribution in [3.8, 4) is 11.5 Å². The lowest BCUT2D eigenvalue weighted by atomic mass is 10.2. The van der Waals surface area contributed by atoms with Gasteiger partial charge in [-0.25, -0.2) is 8.42 Å². The maximum absolute atomic E-state index is 12.4. The second-order valence-electron chi connectivity index (χ2n) is 5.71. The number of carbonyl (C=O) groups excluding carboxylic acids is 2. The Kier molecular flexibility index (Phi) is 5.31. The first-order valence-corrected chi connectivity index (χ1v) is 9.88. The molecule has 0 spiro atoms. The average Bonchev–Trinajstić information content (AvgIpc) is 2.71. The van der Waals surface area contributed by atoms with Crippen LogP contribution in [0.15, 0.2) is 53.4 Å². The maximum Gasteiger partial charge on any atom is 0.283 e. The highest BCUT2D eigenvalue weighted by molar-refractivity contribution is 7.91. The van der Waals surface area contributed by atoms with Crippen LogP contribution in [0, 0.1) is 0 Å². The van der Waals surface area contributed by atoms with Crippen LogP contribution in [-0.2, 0) is 14.6 Å². The van der Waals surface area contributed by atoms with Crippen LogP contribution >= 0.6 is 0 Å². The van der Waals surface area contributed by atoms with Crippen molar-refractivity contribution < 1.29 is 27.5 Å². The zero-order valence-corrected chi connectivity index (χ0v) is 15.3. The van der Waals surface area contributed by atoms with E-state index in [4.69, 9.17) is 9.47 Å². The molecular formula is C18H18N2O6S. The van der Waals surface area contributed by atoms with Crippen LogP contribution < -0.4 is 20.3 Å². The Bertz CT molecular complexity index is 973. The van der Waals surface area contributed by atoms with Crippen LogP contribution in [-0.4, -0.2) is 38.7 Å². The molecule has 142 valence electrons. The summed E-state index contributed by atoms with van der Waals surface area (Å²) in [5, 5.41) is 0. The molecule has 2 aromatic rings. The summed E-state index contributed by atoms with van der Waals surface area (Å²) in [4.78, 5) is 24.5. The van der Waals surface area contributed by atoms with Gasteiger partial charge in [-0.05, 0) is 24.3 Å². The number of carbonyl (C=O) groups is 2. The van der Waals surface area contributed by atoms with Gasteiger partial charge in [0.15, 0.2) is 21.3 Å². The molecule has 0 fully saturated rings. The van der Waals surface area contributed by atoms with E-state index in [1.54, 1.807) is 30.3 Å². The number of nitrogens with one attached hydrogen (secondary N) is 2. The molecule has 8 nitrogen and oxygen atoms in total. The average molecular weight is 390 g/mol. The molecule has 0 bridgehead atoms. The predicted octanol–water partition coefficient (Wildman–Crippen LogP) is 1.08. The topological polar surface area (TPSA) is 111 Å². The highest BCUT2D eigenvalue weighted by Gasteiger charge is 2.28. The van der Waals surface area contributed by atoms with Crippen molar-refractivity contribution in [3.05, 3.63) is 54.1 Å². The lowest BCUT2D eigenvalue weighted by molar-refractivity contribution is -0.131. The second kappa shape index (κ2) is 7.67. The Balaban J connectivity index is 1.66. The molecule has 2 aromatic carbocycles. The molecule has 0 aliphatic carbocycles. The third-order valence-corrected chi connectivity index (χ3v) is 5.73. The van der Waals surface area contributed by atoms with Gasteiger partial charge in [0.25, 0.3) is 11.8 Å². The van der Waals surface area contributed by atoms with Gasteiger partial charge in [0.1, 0.15) is 6.61 Å². The Labute approximate surface area is 156 Å². The largest absolute Gasteiger partial charge is 0.485 e. The van der Waals surface area contributed by atoms with Crippen molar-refractivity contribution in [1.82, 2.24) is 10.9 Å². The van der Waals surface area contributed by atoms with Crippen molar-refractivity contribution in [2.45, 2.75) is 17.9 Å². The third-order valence-electron chi connectivity index (χ3n) is 3.95. The molecule has 0 radical (unpaired) electrons. The van der Waals surface area contributed by atoms with E-state index in [2.05, 4.69) is 10.9 Å². The molecule has 2 amide bonds. The van der Waals surface area contributed by atoms with E-state index in [0.717, 1.165) is 0 Å². The summed E-state index contributed by atoms with van der Waals surface area (Å²) in [7, 11) is -3.58. The van der Waals surface area contributed by atoms with Gasteiger partial charge >= 0.3 is 0 Å². The minimum absolute atomic E-state index is 0.0144. The van der Waals surface area contributed by atoms with Gasteiger partial charge in [-0.3, -0.25) is 20.4 Å². The van der Waals surface area contributed by atoms with Crippen LogP contribution in [0.5, 0.6) is 11.5 Å². The van der Waals surface area contributed by atoms with Gasteiger partial charge in [0.05, 0.1) is 16.2 Å². The van der Waals surface area contributed by atoms with Crippen LogP contribution in [0.4, 0.5) is 0 Å². The number of sulfone groups is 1. The molecule has 9 heteroatoms. The Hall–Kier alpha value is -3.07. The first-order chi connectivity index (χ1) is 12.9. The number of ether oxygens (including phenoxy) is 2. The molecule has 1 aliphatic heterocycles. The molecular weight excluding hydrogens is 372 g/mol. The molecule has 3 rings (SSSR count). The number of fused-ring (bicyclic) bond motifs is 1. The van der Waals surface area contributed by atoms with Crippen molar-refractivity contribution in [2.75, 3.05) is 12.4 Å². The Morgan fingerprint density at radius 1 is 1.04 bits per heavy atom. The van der Waals surface area contributed by atoms with E-state index < -0.39 is 27.8 Å². The van der Waals surface area contributed by atoms with Gasteiger partial charge in [0.2, 0.25) is 6.10 Å². The minimum Gasteiger partial charge on any atom is -0.485 e. The van der Waals surface area contributed by atoms with Crippen LogP contribution in [0.25, 0.3) is 0 Å². The first kappa shape index (κ1) is 18.7. The SMILES string of the molecule is CCS(=O)(=O)c1ccccc1C(=O)NNC(=O)C1COc2ccccc2O1. The number of rotatable bonds is 4. The highest BCUT2D eigenvalue weighted by atomic mass is 32.2. The van der Waals surface area contributed by atoms with Crippen LogP contribution in [0.3, 0.4) is 0 Å². The molecule has 1 heterocycles. The summed E-state index contributed by atoms with van der Waals surface area (Å²) in [6, 6.07) is 12.7. The number of hydrogen-bond donors (Lipinski definition) is 2. The summed E-state index contributed by atoms with van der Waals surface area (Å²) >= 11 is 0. The van der Waals surface area contributed by atoms with Crippen molar-refractivity contribution in [1.29, 1.82) is 0 Å². The van der Waals surface area contributed by atoms with E-state index in [9.17, 15) is 18.0 Å². The van der Waals surface area contributed by atoms with Gasteiger partial charge in [-0.2, -0.15) is 0 Å². The Morgan fingerprint density at radius 3 is 2.44 bits per heavy atom. The van der Waals surface area contributed by atoms with E-state index in [1.807, 2.05) is 0 Å².